The predicted molar refractivity (Wildman–Crippen MR) is 82.7 cm³/mol. The second kappa shape index (κ2) is 6.28. The Morgan fingerprint density at radius 3 is 2.95 bits per heavy atom. The predicted octanol–water partition coefficient (Wildman–Crippen LogP) is 3.68. The van der Waals surface area contributed by atoms with Crippen LogP contribution in [0, 0.1) is 12.8 Å². The van der Waals surface area contributed by atoms with Gasteiger partial charge in [-0.2, -0.15) is 0 Å². The van der Waals surface area contributed by atoms with Crippen molar-refractivity contribution in [3.8, 4) is 0 Å². The fourth-order valence-electron chi connectivity index (χ4n) is 4.11. The van der Waals surface area contributed by atoms with E-state index in [1.807, 2.05) is 12.1 Å². The van der Waals surface area contributed by atoms with Crippen molar-refractivity contribution in [2.45, 2.75) is 57.6 Å². The number of aryl methyl sites for hydroxylation is 1. The minimum atomic E-state index is -0.308. The number of likely N-dealkylation sites (tertiary alicyclic amines) is 1. The normalized spacial score (nSPS) is 28.3. The van der Waals surface area contributed by atoms with Crippen molar-refractivity contribution in [2.24, 2.45) is 5.92 Å². The van der Waals surface area contributed by atoms with Crippen LogP contribution in [0.2, 0.25) is 0 Å². The van der Waals surface area contributed by atoms with Gasteiger partial charge < -0.3 is 5.11 Å². The van der Waals surface area contributed by atoms with Crippen molar-refractivity contribution in [3.63, 3.8) is 0 Å². The lowest BCUT2D eigenvalue weighted by atomic mass is 9.85. The van der Waals surface area contributed by atoms with E-state index in [0.717, 1.165) is 30.5 Å². The zero-order valence-electron chi connectivity index (χ0n) is 12.6. The summed E-state index contributed by atoms with van der Waals surface area (Å²) in [5.41, 5.74) is 2.31. The van der Waals surface area contributed by atoms with Gasteiger partial charge in [0.15, 0.2) is 0 Å². The molecule has 2 heteroatoms. The zero-order chi connectivity index (χ0) is 13.9. The molecule has 2 aliphatic rings. The van der Waals surface area contributed by atoms with Gasteiger partial charge in [0, 0.05) is 12.6 Å². The number of benzene rings is 1. The molecule has 0 spiro atoms. The van der Waals surface area contributed by atoms with Gasteiger partial charge in [0.25, 0.3) is 0 Å². The quantitative estimate of drug-likeness (QED) is 0.904. The van der Waals surface area contributed by atoms with E-state index in [4.69, 9.17) is 0 Å². The van der Waals surface area contributed by atoms with Crippen LogP contribution in [0.3, 0.4) is 0 Å². The molecule has 1 saturated carbocycles. The van der Waals surface area contributed by atoms with Gasteiger partial charge in [-0.05, 0) is 50.6 Å². The van der Waals surface area contributed by atoms with Crippen LogP contribution in [0.4, 0.5) is 0 Å². The first-order valence-corrected chi connectivity index (χ1v) is 8.23. The lowest BCUT2D eigenvalue weighted by Gasteiger charge is -2.32. The molecule has 1 saturated heterocycles. The molecular formula is C18H27NO. The molecule has 3 rings (SSSR count). The molecule has 0 radical (unpaired) electrons. The topological polar surface area (TPSA) is 23.5 Å². The van der Waals surface area contributed by atoms with Crippen LogP contribution in [0.15, 0.2) is 24.3 Å². The van der Waals surface area contributed by atoms with Gasteiger partial charge in [0.2, 0.25) is 0 Å². The third-order valence-electron chi connectivity index (χ3n) is 5.24. The number of fused-ring (bicyclic) bond motifs is 1. The zero-order valence-corrected chi connectivity index (χ0v) is 12.6. The Hall–Kier alpha value is -0.860. The standard InChI is InChI=1S/C18H27NO/c1-14-5-4-7-16(13-14)18(20)10-12-19-11-9-15-6-2-3-8-17(15)19/h4-5,7,13,15,17-18,20H,2-3,6,8-12H2,1H3. The van der Waals surface area contributed by atoms with Crippen LogP contribution in [-0.4, -0.2) is 29.1 Å². The first-order valence-electron chi connectivity index (χ1n) is 8.23. The summed E-state index contributed by atoms with van der Waals surface area (Å²) in [6.07, 6.45) is 7.58. The Bertz CT molecular complexity index is 445. The lowest BCUT2D eigenvalue weighted by molar-refractivity contribution is 0.123. The number of aliphatic hydroxyl groups is 1. The summed E-state index contributed by atoms with van der Waals surface area (Å²) in [5, 5.41) is 10.4. The van der Waals surface area contributed by atoms with Gasteiger partial charge in [0.1, 0.15) is 0 Å². The SMILES string of the molecule is Cc1cccc(C(O)CCN2CCC3CCCCC32)c1. The first-order chi connectivity index (χ1) is 9.74. The molecule has 1 aromatic carbocycles. The van der Waals surface area contributed by atoms with Crippen LogP contribution in [0.1, 0.15) is 55.8 Å². The Labute approximate surface area is 122 Å². The molecule has 1 aliphatic carbocycles. The van der Waals surface area contributed by atoms with Crippen molar-refractivity contribution in [3.05, 3.63) is 35.4 Å². The van der Waals surface area contributed by atoms with E-state index in [2.05, 4.69) is 24.0 Å². The molecule has 20 heavy (non-hydrogen) atoms. The second-order valence-electron chi connectivity index (χ2n) is 6.66. The molecule has 3 unspecified atom stereocenters. The number of aliphatic hydroxyl groups excluding tert-OH is 1. The first kappa shape index (κ1) is 14.1. The molecule has 1 N–H and O–H groups in total. The Morgan fingerprint density at radius 2 is 2.10 bits per heavy atom. The van der Waals surface area contributed by atoms with Crippen LogP contribution in [-0.2, 0) is 0 Å². The molecule has 2 fully saturated rings. The molecular weight excluding hydrogens is 246 g/mol. The molecule has 0 amide bonds. The molecule has 1 heterocycles. The average molecular weight is 273 g/mol. The maximum Gasteiger partial charge on any atom is 0.0802 e. The van der Waals surface area contributed by atoms with Gasteiger partial charge in [0.05, 0.1) is 6.10 Å². The fourth-order valence-corrected chi connectivity index (χ4v) is 4.11. The van der Waals surface area contributed by atoms with E-state index in [-0.39, 0.29) is 6.10 Å². The minimum Gasteiger partial charge on any atom is -0.388 e. The second-order valence-corrected chi connectivity index (χ2v) is 6.66. The monoisotopic (exact) mass is 273 g/mol. The molecule has 0 bridgehead atoms. The third kappa shape index (κ3) is 3.07. The Kier molecular flexibility index (Phi) is 4.42. The van der Waals surface area contributed by atoms with E-state index >= 15 is 0 Å². The van der Waals surface area contributed by atoms with Gasteiger partial charge in [-0.1, -0.05) is 42.7 Å². The lowest BCUT2D eigenvalue weighted by Crippen LogP contribution is -2.35. The van der Waals surface area contributed by atoms with Crippen molar-refractivity contribution in [1.82, 2.24) is 4.90 Å². The Balaban J connectivity index is 1.54. The van der Waals surface area contributed by atoms with Crippen LogP contribution in [0.5, 0.6) is 0 Å². The molecule has 2 nitrogen and oxygen atoms in total. The number of rotatable bonds is 4. The van der Waals surface area contributed by atoms with E-state index in [9.17, 15) is 5.11 Å². The molecule has 110 valence electrons. The van der Waals surface area contributed by atoms with E-state index in [1.165, 1.54) is 44.2 Å². The minimum absolute atomic E-state index is 0.308. The maximum absolute atomic E-state index is 10.4. The van der Waals surface area contributed by atoms with Gasteiger partial charge >= 0.3 is 0 Å². The average Bonchev–Trinajstić information content (AvgIpc) is 2.88. The summed E-state index contributed by atoms with van der Waals surface area (Å²) in [5.74, 6) is 0.944. The van der Waals surface area contributed by atoms with Gasteiger partial charge in [-0.15, -0.1) is 0 Å². The largest absolute Gasteiger partial charge is 0.388 e. The van der Waals surface area contributed by atoms with Gasteiger partial charge in [-0.3, -0.25) is 4.90 Å². The summed E-state index contributed by atoms with van der Waals surface area (Å²) in [4.78, 5) is 2.64. The molecule has 1 aliphatic heterocycles. The highest BCUT2D eigenvalue weighted by Gasteiger charge is 2.35. The van der Waals surface area contributed by atoms with Crippen molar-refractivity contribution in [2.75, 3.05) is 13.1 Å². The molecule has 0 aromatic heterocycles. The summed E-state index contributed by atoms with van der Waals surface area (Å²) in [6, 6.07) is 9.10. The van der Waals surface area contributed by atoms with Crippen LogP contribution < -0.4 is 0 Å². The summed E-state index contributed by atoms with van der Waals surface area (Å²) >= 11 is 0. The number of hydrogen-bond donors (Lipinski definition) is 1. The van der Waals surface area contributed by atoms with E-state index < -0.39 is 0 Å². The highest BCUT2D eigenvalue weighted by atomic mass is 16.3. The molecule has 3 atom stereocenters. The highest BCUT2D eigenvalue weighted by Crippen LogP contribution is 2.36. The van der Waals surface area contributed by atoms with Crippen molar-refractivity contribution >= 4 is 0 Å². The number of nitrogens with zero attached hydrogens (tertiary/aromatic N) is 1. The van der Waals surface area contributed by atoms with Crippen LogP contribution in [0.25, 0.3) is 0 Å². The highest BCUT2D eigenvalue weighted by molar-refractivity contribution is 5.24. The van der Waals surface area contributed by atoms with Gasteiger partial charge in [-0.25, -0.2) is 0 Å². The maximum atomic E-state index is 10.4. The van der Waals surface area contributed by atoms with E-state index in [0.29, 0.717) is 0 Å². The fraction of sp³-hybridized carbons (Fsp3) is 0.667. The van der Waals surface area contributed by atoms with Crippen LogP contribution >= 0.6 is 0 Å². The van der Waals surface area contributed by atoms with E-state index in [1.54, 1.807) is 0 Å². The van der Waals surface area contributed by atoms with Crippen molar-refractivity contribution < 1.29 is 5.11 Å². The smallest absolute Gasteiger partial charge is 0.0802 e. The summed E-state index contributed by atoms with van der Waals surface area (Å²) < 4.78 is 0. The van der Waals surface area contributed by atoms with Crippen molar-refractivity contribution in [1.29, 1.82) is 0 Å². The summed E-state index contributed by atoms with van der Waals surface area (Å²) in [6.45, 7) is 4.38. The summed E-state index contributed by atoms with van der Waals surface area (Å²) in [7, 11) is 0. The Morgan fingerprint density at radius 1 is 1.25 bits per heavy atom. The number of hydrogen-bond acceptors (Lipinski definition) is 2. The molecule has 1 aromatic rings. The third-order valence-corrected chi connectivity index (χ3v) is 5.24.